The minimum atomic E-state index is -0.724. The van der Waals surface area contributed by atoms with Gasteiger partial charge in [0.05, 0.1) is 12.8 Å². The van der Waals surface area contributed by atoms with Crippen LogP contribution in [-0.2, 0) is 7.05 Å². The van der Waals surface area contributed by atoms with Crippen LogP contribution in [0.15, 0.2) is 24.4 Å². The molecule has 7 heteroatoms. The first-order valence-corrected chi connectivity index (χ1v) is 5.35. The number of carbonyl (C=O) groups excluding carboxylic acids is 1. The summed E-state index contributed by atoms with van der Waals surface area (Å²) in [6.07, 6.45) is 1.42. The fraction of sp³-hybridized carbons (Fsp3) is 0.167. The summed E-state index contributed by atoms with van der Waals surface area (Å²) in [5.41, 5.74) is -0.107. The highest BCUT2D eigenvalue weighted by molar-refractivity contribution is 6.05. The van der Waals surface area contributed by atoms with Gasteiger partial charge in [0.15, 0.2) is 0 Å². The van der Waals surface area contributed by atoms with Gasteiger partial charge in [-0.15, -0.1) is 5.10 Å². The molecule has 0 aliphatic rings. The smallest absolute Gasteiger partial charge is 0.262 e. The summed E-state index contributed by atoms with van der Waals surface area (Å²) >= 11 is 0. The molecule has 0 atom stereocenters. The molecule has 0 bridgehead atoms. The van der Waals surface area contributed by atoms with Gasteiger partial charge in [0.2, 0.25) is 5.88 Å². The Bertz CT molecular complexity index is 625. The summed E-state index contributed by atoms with van der Waals surface area (Å²) in [6, 6.07) is 2.80. The molecule has 1 aromatic carbocycles. The topological polar surface area (TPSA) is 56.2 Å². The van der Waals surface area contributed by atoms with Gasteiger partial charge in [-0.1, -0.05) is 0 Å². The molecule has 0 saturated heterocycles. The molecule has 1 heterocycles. The maximum atomic E-state index is 13.4. The van der Waals surface area contributed by atoms with Crippen molar-refractivity contribution in [1.82, 2.24) is 9.78 Å². The van der Waals surface area contributed by atoms with Gasteiger partial charge >= 0.3 is 0 Å². The number of nitrogens with one attached hydrogen (secondary N) is 1. The Morgan fingerprint density at radius 2 is 2.16 bits per heavy atom. The molecule has 0 fully saturated rings. The van der Waals surface area contributed by atoms with E-state index in [0.717, 1.165) is 18.2 Å². The number of amides is 1. The summed E-state index contributed by atoms with van der Waals surface area (Å²) in [5, 5.41) is 6.17. The normalized spacial score (nSPS) is 10.3. The Kier molecular flexibility index (Phi) is 3.46. The third-order valence-corrected chi connectivity index (χ3v) is 2.41. The van der Waals surface area contributed by atoms with E-state index in [-0.39, 0.29) is 17.1 Å². The highest BCUT2D eigenvalue weighted by Gasteiger charge is 2.17. The van der Waals surface area contributed by atoms with Gasteiger partial charge in [-0.2, -0.15) is 0 Å². The zero-order valence-corrected chi connectivity index (χ0v) is 10.3. The Labute approximate surface area is 107 Å². The molecule has 0 radical (unpaired) electrons. The minimum Gasteiger partial charge on any atom is -0.479 e. The van der Waals surface area contributed by atoms with E-state index >= 15 is 0 Å². The van der Waals surface area contributed by atoms with Crippen LogP contribution in [0.5, 0.6) is 5.88 Å². The molecule has 2 aromatic rings. The van der Waals surface area contributed by atoms with Crippen LogP contribution < -0.4 is 10.1 Å². The van der Waals surface area contributed by atoms with Crippen molar-refractivity contribution in [2.45, 2.75) is 0 Å². The van der Waals surface area contributed by atoms with Crippen LogP contribution in [0.25, 0.3) is 0 Å². The summed E-state index contributed by atoms with van der Waals surface area (Å²) < 4.78 is 32.7. The van der Waals surface area contributed by atoms with Crippen molar-refractivity contribution in [3.8, 4) is 5.88 Å². The summed E-state index contributed by atoms with van der Waals surface area (Å²) in [5.74, 6) is -1.89. The fourth-order valence-electron chi connectivity index (χ4n) is 1.56. The Balaban J connectivity index is 2.27. The van der Waals surface area contributed by atoms with Crippen molar-refractivity contribution in [2.75, 3.05) is 12.4 Å². The minimum absolute atomic E-state index is 0.108. The van der Waals surface area contributed by atoms with Gasteiger partial charge in [0.1, 0.15) is 17.2 Å². The van der Waals surface area contributed by atoms with Gasteiger partial charge in [-0.25, -0.2) is 8.78 Å². The molecule has 0 aliphatic heterocycles. The first-order valence-electron chi connectivity index (χ1n) is 5.35. The molecule has 0 spiro atoms. The standard InChI is InChI=1S/C12H11F2N3O2/c1-17-6-8(12(16-17)19-2)11(18)15-10-5-7(13)3-4-9(10)14/h3-6H,1-2H3,(H,15,18). The van der Waals surface area contributed by atoms with E-state index in [4.69, 9.17) is 4.74 Å². The van der Waals surface area contributed by atoms with Crippen molar-refractivity contribution in [3.63, 3.8) is 0 Å². The van der Waals surface area contributed by atoms with E-state index in [9.17, 15) is 13.6 Å². The molecule has 1 aromatic heterocycles. The second-order valence-corrected chi connectivity index (χ2v) is 3.80. The Morgan fingerprint density at radius 1 is 1.42 bits per heavy atom. The number of hydrogen-bond acceptors (Lipinski definition) is 3. The van der Waals surface area contributed by atoms with Crippen LogP contribution in [0.1, 0.15) is 10.4 Å². The van der Waals surface area contributed by atoms with Crippen LogP contribution in [0.4, 0.5) is 14.5 Å². The maximum absolute atomic E-state index is 13.4. The Morgan fingerprint density at radius 3 is 2.84 bits per heavy atom. The maximum Gasteiger partial charge on any atom is 0.262 e. The molecule has 1 N–H and O–H groups in total. The highest BCUT2D eigenvalue weighted by Crippen LogP contribution is 2.19. The van der Waals surface area contributed by atoms with Gasteiger partial charge in [-0.05, 0) is 12.1 Å². The number of rotatable bonds is 3. The van der Waals surface area contributed by atoms with Crippen molar-refractivity contribution >= 4 is 11.6 Å². The van der Waals surface area contributed by atoms with Crippen LogP contribution in [-0.4, -0.2) is 22.8 Å². The van der Waals surface area contributed by atoms with E-state index in [1.165, 1.54) is 18.0 Å². The van der Waals surface area contributed by atoms with Crippen molar-refractivity contribution in [1.29, 1.82) is 0 Å². The van der Waals surface area contributed by atoms with Crippen molar-refractivity contribution in [3.05, 3.63) is 41.6 Å². The number of benzene rings is 1. The van der Waals surface area contributed by atoms with E-state index in [0.29, 0.717) is 0 Å². The largest absolute Gasteiger partial charge is 0.479 e. The molecular formula is C12H11F2N3O2. The number of hydrogen-bond donors (Lipinski definition) is 1. The van der Waals surface area contributed by atoms with E-state index in [1.54, 1.807) is 7.05 Å². The summed E-state index contributed by atoms with van der Waals surface area (Å²) in [7, 11) is 2.98. The quantitative estimate of drug-likeness (QED) is 0.924. The number of methoxy groups -OCH3 is 1. The van der Waals surface area contributed by atoms with Crippen LogP contribution in [0, 0.1) is 11.6 Å². The van der Waals surface area contributed by atoms with Gasteiger partial charge in [0.25, 0.3) is 5.91 Å². The monoisotopic (exact) mass is 267 g/mol. The molecule has 5 nitrogen and oxygen atoms in total. The zero-order chi connectivity index (χ0) is 14.0. The number of halogens is 2. The number of anilines is 1. The average Bonchev–Trinajstić information content (AvgIpc) is 2.75. The SMILES string of the molecule is COc1nn(C)cc1C(=O)Nc1cc(F)ccc1F. The molecule has 0 saturated carbocycles. The predicted octanol–water partition coefficient (Wildman–Crippen LogP) is 1.96. The molecule has 0 unspecified atom stereocenters. The summed E-state index contributed by atoms with van der Waals surface area (Å²) in [4.78, 5) is 11.9. The van der Waals surface area contributed by atoms with Gasteiger partial charge in [0, 0.05) is 19.3 Å². The lowest BCUT2D eigenvalue weighted by Gasteiger charge is -2.06. The van der Waals surface area contributed by atoms with Gasteiger partial charge in [-0.3, -0.25) is 9.48 Å². The molecule has 19 heavy (non-hydrogen) atoms. The number of nitrogens with zero attached hydrogens (tertiary/aromatic N) is 2. The first kappa shape index (κ1) is 13.0. The fourth-order valence-corrected chi connectivity index (χ4v) is 1.56. The van der Waals surface area contributed by atoms with Crippen molar-refractivity contribution < 1.29 is 18.3 Å². The third-order valence-electron chi connectivity index (χ3n) is 2.41. The van der Waals surface area contributed by atoms with E-state index < -0.39 is 17.5 Å². The lowest BCUT2D eigenvalue weighted by Crippen LogP contribution is -2.13. The van der Waals surface area contributed by atoms with Crippen LogP contribution in [0.3, 0.4) is 0 Å². The molecule has 100 valence electrons. The number of carbonyl (C=O) groups is 1. The van der Waals surface area contributed by atoms with Crippen LogP contribution >= 0.6 is 0 Å². The van der Waals surface area contributed by atoms with Gasteiger partial charge < -0.3 is 10.1 Å². The highest BCUT2D eigenvalue weighted by atomic mass is 19.1. The zero-order valence-electron chi connectivity index (χ0n) is 10.3. The second-order valence-electron chi connectivity index (χ2n) is 3.80. The molecule has 0 aliphatic carbocycles. The number of aromatic nitrogens is 2. The average molecular weight is 267 g/mol. The molecule has 1 amide bonds. The third kappa shape index (κ3) is 2.70. The number of ether oxygens (including phenoxy) is 1. The Hall–Kier alpha value is -2.44. The lowest BCUT2D eigenvalue weighted by molar-refractivity contribution is 0.102. The summed E-state index contributed by atoms with van der Waals surface area (Å²) in [6.45, 7) is 0. The lowest BCUT2D eigenvalue weighted by atomic mass is 10.2. The first-order chi connectivity index (χ1) is 9.01. The second kappa shape index (κ2) is 5.05. The molecular weight excluding hydrogens is 256 g/mol. The van der Waals surface area contributed by atoms with Crippen LogP contribution in [0.2, 0.25) is 0 Å². The van der Waals surface area contributed by atoms with E-state index in [1.807, 2.05) is 0 Å². The van der Waals surface area contributed by atoms with Crippen molar-refractivity contribution in [2.24, 2.45) is 7.05 Å². The predicted molar refractivity (Wildman–Crippen MR) is 64.1 cm³/mol. The molecule has 2 rings (SSSR count). The number of aryl methyl sites for hydroxylation is 1. The van der Waals surface area contributed by atoms with E-state index in [2.05, 4.69) is 10.4 Å².